The third kappa shape index (κ3) is 5.06. The summed E-state index contributed by atoms with van der Waals surface area (Å²) in [7, 11) is 1.61. The Morgan fingerprint density at radius 3 is 1.94 bits per heavy atom. The van der Waals surface area contributed by atoms with Crippen LogP contribution in [0.25, 0.3) is 0 Å². The summed E-state index contributed by atoms with van der Waals surface area (Å²) in [6.45, 7) is 9.88. The van der Waals surface area contributed by atoms with Crippen molar-refractivity contribution in [1.29, 1.82) is 0 Å². The Hall–Kier alpha value is -1.26. The lowest BCUT2D eigenvalue weighted by atomic mass is 10.2. The molecule has 0 spiro atoms. The van der Waals surface area contributed by atoms with E-state index in [0.29, 0.717) is 6.61 Å². The van der Waals surface area contributed by atoms with Gasteiger partial charge in [-0.25, -0.2) is 4.79 Å². The van der Waals surface area contributed by atoms with Crippen LogP contribution in [-0.2, 0) is 9.53 Å². The molecular weight excluding hydrogens is 220 g/mol. The number of ether oxygens (including phenoxy) is 1. The van der Waals surface area contributed by atoms with Crippen molar-refractivity contribution in [3.63, 3.8) is 0 Å². The average molecular weight is 244 g/mol. The van der Waals surface area contributed by atoms with E-state index in [1.165, 1.54) is 4.90 Å². The molecular formula is C12H24N2O3. The molecule has 0 aromatic carbocycles. The van der Waals surface area contributed by atoms with Crippen molar-refractivity contribution in [1.82, 2.24) is 9.80 Å². The van der Waals surface area contributed by atoms with Crippen LogP contribution >= 0.6 is 0 Å². The number of hydrogen-bond donors (Lipinski definition) is 0. The molecule has 0 saturated heterocycles. The van der Waals surface area contributed by atoms with Gasteiger partial charge in [-0.2, -0.15) is 0 Å². The van der Waals surface area contributed by atoms with Crippen LogP contribution in [0.4, 0.5) is 4.79 Å². The number of urea groups is 1. The van der Waals surface area contributed by atoms with Gasteiger partial charge in [0.1, 0.15) is 6.54 Å². The van der Waals surface area contributed by atoms with Gasteiger partial charge in [0.15, 0.2) is 0 Å². The van der Waals surface area contributed by atoms with E-state index in [1.807, 2.05) is 27.7 Å². The van der Waals surface area contributed by atoms with Gasteiger partial charge in [-0.1, -0.05) is 0 Å². The van der Waals surface area contributed by atoms with Crippen molar-refractivity contribution in [2.45, 2.75) is 46.7 Å². The largest absolute Gasteiger partial charge is 0.465 e. The molecule has 100 valence electrons. The molecule has 0 aromatic heterocycles. The lowest BCUT2D eigenvalue weighted by Gasteiger charge is -2.34. The molecule has 0 aliphatic rings. The summed E-state index contributed by atoms with van der Waals surface area (Å²) in [6.07, 6.45) is 0. The van der Waals surface area contributed by atoms with Gasteiger partial charge in [0.25, 0.3) is 0 Å². The smallest absolute Gasteiger partial charge is 0.325 e. The van der Waals surface area contributed by atoms with Gasteiger partial charge in [0, 0.05) is 19.1 Å². The molecule has 0 unspecified atom stereocenters. The van der Waals surface area contributed by atoms with Crippen LogP contribution in [0.2, 0.25) is 0 Å². The molecule has 17 heavy (non-hydrogen) atoms. The molecule has 0 bridgehead atoms. The number of esters is 1. The number of carbonyl (C=O) groups is 2. The van der Waals surface area contributed by atoms with Gasteiger partial charge >= 0.3 is 12.0 Å². The SMILES string of the molecule is CCOC(=O)CN(C)C(=O)N(C(C)C)C(C)C. The van der Waals surface area contributed by atoms with Crippen molar-refractivity contribution in [3.05, 3.63) is 0 Å². The Morgan fingerprint density at radius 1 is 1.12 bits per heavy atom. The number of rotatable bonds is 5. The fourth-order valence-corrected chi connectivity index (χ4v) is 1.70. The second kappa shape index (κ2) is 7.14. The summed E-state index contributed by atoms with van der Waals surface area (Å²) in [4.78, 5) is 26.5. The van der Waals surface area contributed by atoms with E-state index in [2.05, 4.69) is 0 Å². The zero-order chi connectivity index (χ0) is 13.6. The Bertz CT molecular complexity index is 256. The second-order valence-corrected chi connectivity index (χ2v) is 4.54. The third-order valence-corrected chi connectivity index (χ3v) is 2.33. The zero-order valence-electron chi connectivity index (χ0n) is 11.7. The predicted molar refractivity (Wildman–Crippen MR) is 66.8 cm³/mol. The first-order valence-corrected chi connectivity index (χ1v) is 6.00. The van der Waals surface area contributed by atoms with Gasteiger partial charge in [-0.3, -0.25) is 4.79 Å². The molecule has 0 aromatic rings. The van der Waals surface area contributed by atoms with Crippen molar-refractivity contribution in [2.24, 2.45) is 0 Å². The number of amides is 2. The molecule has 0 fully saturated rings. The number of likely N-dealkylation sites (N-methyl/N-ethyl adjacent to an activating group) is 1. The molecule has 5 nitrogen and oxygen atoms in total. The minimum atomic E-state index is -0.379. The Morgan fingerprint density at radius 2 is 1.59 bits per heavy atom. The third-order valence-electron chi connectivity index (χ3n) is 2.33. The molecule has 0 aliphatic heterocycles. The van der Waals surface area contributed by atoms with Crippen molar-refractivity contribution in [2.75, 3.05) is 20.2 Å². The second-order valence-electron chi connectivity index (χ2n) is 4.54. The highest BCUT2D eigenvalue weighted by molar-refractivity contribution is 5.81. The van der Waals surface area contributed by atoms with Gasteiger partial charge in [-0.15, -0.1) is 0 Å². The van der Waals surface area contributed by atoms with Crippen LogP contribution < -0.4 is 0 Å². The summed E-state index contributed by atoms with van der Waals surface area (Å²) < 4.78 is 4.81. The van der Waals surface area contributed by atoms with E-state index in [4.69, 9.17) is 4.74 Å². The number of carbonyl (C=O) groups excluding carboxylic acids is 2. The summed E-state index contributed by atoms with van der Waals surface area (Å²) in [6, 6.07) is 0.0577. The molecule has 2 amide bonds. The van der Waals surface area contributed by atoms with Gasteiger partial charge < -0.3 is 14.5 Å². The van der Waals surface area contributed by atoms with Gasteiger partial charge in [-0.05, 0) is 34.6 Å². The van der Waals surface area contributed by atoms with E-state index in [-0.39, 0.29) is 30.6 Å². The van der Waals surface area contributed by atoms with E-state index in [9.17, 15) is 9.59 Å². The molecule has 0 rings (SSSR count). The first-order valence-electron chi connectivity index (χ1n) is 6.00. The lowest BCUT2D eigenvalue weighted by molar-refractivity contribution is -0.143. The Kier molecular flexibility index (Phi) is 6.61. The highest BCUT2D eigenvalue weighted by atomic mass is 16.5. The fraction of sp³-hybridized carbons (Fsp3) is 0.833. The monoisotopic (exact) mass is 244 g/mol. The number of nitrogens with zero attached hydrogens (tertiary/aromatic N) is 2. The molecule has 0 N–H and O–H groups in total. The van der Waals surface area contributed by atoms with Gasteiger partial charge in [0.2, 0.25) is 0 Å². The van der Waals surface area contributed by atoms with Crippen LogP contribution in [-0.4, -0.2) is 54.1 Å². The van der Waals surface area contributed by atoms with Crippen LogP contribution in [0.1, 0.15) is 34.6 Å². The first kappa shape index (κ1) is 15.7. The normalized spacial score (nSPS) is 10.6. The molecule has 0 saturated carbocycles. The van der Waals surface area contributed by atoms with Crippen molar-refractivity contribution >= 4 is 12.0 Å². The minimum absolute atomic E-state index is 0.0113. The number of hydrogen-bond acceptors (Lipinski definition) is 3. The van der Waals surface area contributed by atoms with Crippen LogP contribution in [0.15, 0.2) is 0 Å². The quantitative estimate of drug-likeness (QED) is 0.692. The van der Waals surface area contributed by atoms with E-state index < -0.39 is 0 Å². The Labute approximate surface area is 104 Å². The standard InChI is InChI=1S/C12H24N2O3/c1-7-17-11(15)8-13(6)12(16)14(9(2)3)10(4)5/h9-10H,7-8H2,1-6H3. The summed E-state index contributed by atoms with van der Waals surface area (Å²) in [5.74, 6) is -0.379. The average Bonchev–Trinajstić information content (AvgIpc) is 2.16. The molecule has 0 atom stereocenters. The minimum Gasteiger partial charge on any atom is -0.465 e. The van der Waals surface area contributed by atoms with E-state index in [1.54, 1.807) is 18.9 Å². The lowest BCUT2D eigenvalue weighted by Crippen LogP contribution is -2.49. The highest BCUT2D eigenvalue weighted by Crippen LogP contribution is 2.08. The summed E-state index contributed by atoms with van der Waals surface area (Å²) in [5.41, 5.74) is 0. The van der Waals surface area contributed by atoms with Gasteiger partial charge in [0.05, 0.1) is 6.61 Å². The fourth-order valence-electron chi connectivity index (χ4n) is 1.70. The van der Waals surface area contributed by atoms with Crippen molar-refractivity contribution < 1.29 is 14.3 Å². The zero-order valence-corrected chi connectivity index (χ0v) is 11.7. The van der Waals surface area contributed by atoms with Crippen LogP contribution in [0.3, 0.4) is 0 Å². The first-order chi connectivity index (χ1) is 7.81. The summed E-state index contributed by atoms with van der Waals surface area (Å²) in [5, 5.41) is 0. The predicted octanol–water partition coefficient (Wildman–Crippen LogP) is 1.72. The van der Waals surface area contributed by atoms with Crippen LogP contribution in [0.5, 0.6) is 0 Å². The summed E-state index contributed by atoms with van der Waals surface area (Å²) >= 11 is 0. The van der Waals surface area contributed by atoms with E-state index >= 15 is 0 Å². The topological polar surface area (TPSA) is 49.9 Å². The maximum Gasteiger partial charge on any atom is 0.325 e. The van der Waals surface area contributed by atoms with Crippen molar-refractivity contribution in [3.8, 4) is 0 Å². The maximum absolute atomic E-state index is 12.1. The van der Waals surface area contributed by atoms with Crippen LogP contribution in [0, 0.1) is 0 Å². The molecule has 0 aliphatic carbocycles. The van der Waals surface area contributed by atoms with E-state index in [0.717, 1.165) is 0 Å². The molecule has 0 radical (unpaired) electrons. The highest BCUT2D eigenvalue weighted by Gasteiger charge is 2.24. The molecule has 0 heterocycles. The Balaban J connectivity index is 4.51. The maximum atomic E-state index is 12.1. The molecule has 5 heteroatoms.